The average Bonchev–Trinajstić information content (AvgIpc) is 2.68. The molecular weight excluding hydrogens is 423 g/mol. The highest BCUT2D eigenvalue weighted by atomic mass is 35.5. The van der Waals surface area contributed by atoms with Crippen LogP contribution in [-0.4, -0.2) is 42.5 Å². The molecule has 1 saturated heterocycles. The summed E-state index contributed by atoms with van der Waals surface area (Å²) in [6.07, 6.45) is 1.34. The summed E-state index contributed by atoms with van der Waals surface area (Å²) in [4.78, 5) is 26.5. The van der Waals surface area contributed by atoms with Crippen LogP contribution in [0.25, 0.3) is 0 Å². The van der Waals surface area contributed by atoms with Gasteiger partial charge in [-0.15, -0.1) is 0 Å². The van der Waals surface area contributed by atoms with E-state index in [0.717, 1.165) is 0 Å². The van der Waals surface area contributed by atoms with E-state index in [4.69, 9.17) is 39.5 Å². The third-order valence-corrected chi connectivity index (χ3v) is 5.29. The molecule has 28 heavy (non-hydrogen) atoms. The van der Waals surface area contributed by atoms with Gasteiger partial charge < -0.3 is 15.0 Å². The molecule has 0 atom stereocenters. The molecule has 8 heteroatoms. The van der Waals surface area contributed by atoms with Gasteiger partial charge in [0.1, 0.15) is 5.75 Å². The largest absolute Gasteiger partial charge is 0.484 e. The zero-order valence-electron chi connectivity index (χ0n) is 15.0. The lowest BCUT2D eigenvalue weighted by Crippen LogP contribution is -2.47. The quantitative estimate of drug-likeness (QED) is 0.746. The summed E-state index contributed by atoms with van der Waals surface area (Å²) in [7, 11) is 0. The fourth-order valence-corrected chi connectivity index (χ4v) is 3.62. The van der Waals surface area contributed by atoms with Crippen molar-refractivity contribution in [1.29, 1.82) is 0 Å². The molecule has 0 saturated carbocycles. The van der Waals surface area contributed by atoms with Gasteiger partial charge in [-0.25, -0.2) is 0 Å². The molecule has 1 aliphatic rings. The number of piperidine rings is 1. The molecule has 5 nitrogen and oxygen atoms in total. The normalized spacial score (nSPS) is 14.6. The molecule has 3 rings (SSSR count). The summed E-state index contributed by atoms with van der Waals surface area (Å²) < 4.78 is 5.44. The van der Waals surface area contributed by atoms with Crippen LogP contribution >= 0.6 is 34.8 Å². The molecule has 1 aliphatic heterocycles. The highest BCUT2D eigenvalue weighted by Crippen LogP contribution is 2.24. The minimum Gasteiger partial charge on any atom is -0.484 e. The summed E-state index contributed by atoms with van der Waals surface area (Å²) in [5.41, 5.74) is 0.435. The fourth-order valence-electron chi connectivity index (χ4n) is 3.01. The van der Waals surface area contributed by atoms with E-state index < -0.39 is 0 Å². The van der Waals surface area contributed by atoms with Crippen molar-refractivity contribution >= 4 is 46.6 Å². The molecule has 0 spiro atoms. The molecular formula is C20H19Cl3N2O3. The van der Waals surface area contributed by atoms with Crippen molar-refractivity contribution in [1.82, 2.24) is 10.2 Å². The van der Waals surface area contributed by atoms with Crippen molar-refractivity contribution in [3.63, 3.8) is 0 Å². The van der Waals surface area contributed by atoms with Gasteiger partial charge in [0, 0.05) is 29.2 Å². The zero-order chi connectivity index (χ0) is 20.1. The van der Waals surface area contributed by atoms with Crippen LogP contribution < -0.4 is 10.1 Å². The predicted molar refractivity (Wildman–Crippen MR) is 110 cm³/mol. The monoisotopic (exact) mass is 440 g/mol. The lowest BCUT2D eigenvalue weighted by molar-refractivity contribution is -0.124. The van der Waals surface area contributed by atoms with Gasteiger partial charge in [0.25, 0.3) is 11.8 Å². The molecule has 2 amide bonds. The van der Waals surface area contributed by atoms with Gasteiger partial charge in [-0.1, -0.05) is 34.8 Å². The van der Waals surface area contributed by atoms with E-state index in [1.807, 2.05) is 0 Å². The number of benzene rings is 2. The number of ether oxygens (including phenoxy) is 1. The van der Waals surface area contributed by atoms with Crippen molar-refractivity contribution in [2.24, 2.45) is 0 Å². The third-order valence-electron chi connectivity index (χ3n) is 4.49. The topological polar surface area (TPSA) is 58.6 Å². The summed E-state index contributed by atoms with van der Waals surface area (Å²) in [5, 5.41) is 4.39. The number of halogens is 3. The Morgan fingerprint density at radius 1 is 1.00 bits per heavy atom. The van der Waals surface area contributed by atoms with Crippen molar-refractivity contribution in [3.8, 4) is 5.75 Å². The number of hydrogen-bond acceptors (Lipinski definition) is 3. The van der Waals surface area contributed by atoms with Gasteiger partial charge in [0.05, 0.1) is 10.6 Å². The van der Waals surface area contributed by atoms with E-state index in [0.29, 0.717) is 52.3 Å². The number of nitrogens with zero attached hydrogens (tertiary/aromatic N) is 1. The molecule has 0 aliphatic carbocycles. The number of likely N-dealkylation sites (tertiary alicyclic amines) is 1. The number of rotatable bonds is 5. The Morgan fingerprint density at radius 3 is 2.29 bits per heavy atom. The van der Waals surface area contributed by atoms with Crippen LogP contribution in [0.1, 0.15) is 23.2 Å². The SMILES string of the molecule is O=C(COc1ccc(Cl)cc1)NC1CCN(C(=O)c2ccc(Cl)cc2Cl)CC1. The maximum Gasteiger partial charge on any atom is 0.258 e. The highest BCUT2D eigenvalue weighted by Gasteiger charge is 2.25. The highest BCUT2D eigenvalue weighted by molar-refractivity contribution is 6.36. The van der Waals surface area contributed by atoms with Crippen LogP contribution in [-0.2, 0) is 4.79 Å². The molecule has 2 aromatic carbocycles. The molecule has 0 aromatic heterocycles. The van der Waals surface area contributed by atoms with Gasteiger partial charge in [0.2, 0.25) is 0 Å². The van der Waals surface area contributed by atoms with E-state index in [1.165, 1.54) is 0 Å². The molecule has 1 fully saturated rings. The van der Waals surface area contributed by atoms with Crippen LogP contribution in [0.2, 0.25) is 15.1 Å². The van der Waals surface area contributed by atoms with Gasteiger partial charge in [-0.2, -0.15) is 0 Å². The Morgan fingerprint density at radius 2 is 1.64 bits per heavy atom. The van der Waals surface area contributed by atoms with Crippen molar-refractivity contribution in [2.75, 3.05) is 19.7 Å². The number of carbonyl (C=O) groups is 2. The van der Waals surface area contributed by atoms with Crippen molar-refractivity contribution in [2.45, 2.75) is 18.9 Å². The molecule has 1 heterocycles. The Kier molecular flexibility index (Phi) is 7.05. The number of hydrogen-bond donors (Lipinski definition) is 1. The van der Waals surface area contributed by atoms with Gasteiger partial charge in [0.15, 0.2) is 6.61 Å². The first-order chi connectivity index (χ1) is 13.4. The van der Waals surface area contributed by atoms with Crippen LogP contribution in [0.5, 0.6) is 5.75 Å². The Hall–Kier alpha value is -1.95. The maximum atomic E-state index is 12.6. The van der Waals surface area contributed by atoms with Crippen LogP contribution in [0.4, 0.5) is 0 Å². The average molecular weight is 442 g/mol. The van der Waals surface area contributed by atoms with Gasteiger partial charge in [-0.3, -0.25) is 9.59 Å². The summed E-state index contributed by atoms with van der Waals surface area (Å²) >= 11 is 17.8. The first-order valence-corrected chi connectivity index (χ1v) is 9.98. The van der Waals surface area contributed by atoms with Crippen molar-refractivity contribution in [3.05, 3.63) is 63.1 Å². The van der Waals surface area contributed by atoms with E-state index in [1.54, 1.807) is 47.4 Å². The Balaban J connectivity index is 1.45. The second-order valence-electron chi connectivity index (χ2n) is 6.50. The number of nitrogens with one attached hydrogen (secondary N) is 1. The maximum absolute atomic E-state index is 12.6. The van der Waals surface area contributed by atoms with Crippen LogP contribution in [0, 0.1) is 0 Å². The van der Waals surface area contributed by atoms with Crippen LogP contribution in [0.3, 0.4) is 0 Å². The Bertz CT molecular complexity index is 850. The second kappa shape index (κ2) is 9.50. The Labute approximate surface area is 178 Å². The lowest BCUT2D eigenvalue weighted by atomic mass is 10.0. The minimum atomic E-state index is -0.194. The van der Waals surface area contributed by atoms with Gasteiger partial charge in [-0.05, 0) is 55.3 Å². The second-order valence-corrected chi connectivity index (χ2v) is 7.78. The number of carbonyl (C=O) groups excluding carboxylic acids is 2. The molecule has 0 unspecified atom stereocenters. The summed E-state index contributed by atoms with van der Waals surface area (Å²) in [5.74, 6) is 0.262. The zero-order valence-corrected chi connectivity index (χ0v) is 17.2. The lowest BCUT2D eigenvalue weighted by Gasteiger charge is -2.32. The first-order valence-electron chi connectivity index (χ1n) is 8.84. The molecule has 0 bridgehead atoms. The van der Waals surface area contributed by atoms with E-state index >= 15 is 0 Å². The predicted octanol–water partition coefficient (Wildman–Crippen LogP) is 4.45. The van der Waals surface area contributed by atoms with Crippen LogP contribution in [0.15, 0.2) is 42.5 Å². The smallest absolute Gasteiger partial charge is 0.258 e. The molecule has 1 N–H and O–H groups in total. The summed E-state index contributed by atoms with van der Waals surface area (Å²) in [6, 6.07) is 11.7. The van der Waals surface area contributed by atoms with E-state index in [9.17, 15) is 9.59 Å². The first kappa shape index (κ1) is 20.8. The minimum absolute atomic E-state index is 0.00561. The fraction of sp³-hybridized carbons (Fsp3) is 0.300. The third kappa shape index (κ3) is 5.53. The van der Waals surface area contributed by atoms with E-state index in [2.05, 4.69) is 5.32 Å². The summed E-state index contributed by atoms with van der Waals surface area (Å²) in [6.45, 7) is 1.02. The van der Waals surface area contributed by atoms with Crippen molar-refractivity contribution < 1.29 is 14.3 Å². The molecule has 2 aromatic rings. The van der Waals surface area contributed by atoms with Gasteiger partial charge >= 0.3 is 0 Å². The van der Waals surface area contributed by atoms with E-state index in [-0.39, 0.29) is 24.5 Å². The molecule has 148 valence electrons. The number of amides is 2. The standard InChI is InChI=1S/C20H19Cl3N2O3/c21-13-1-4-16(5-2-13)28-12-19(26)24-15-7-9-25(10-8-15)20(27)17-6-3-14(22)11-18(17)23/h1-6,11,15H,7-10,12H2,(H,24,26). The molecule has 0 radical (unpaired) electrons.